The molecule has 0 bridgehead atoms. The van der Waals surface area contributed by atoms with Crippen molar-refractivity contribution in [1.29, 1.82) is 0 Å². The summed E-state index contributed by atoms with van der Waals surface area (Å²) >= 11 is -0.181. The number of hydrogen-bond donors (Lipinski definition) is 0. The molecule has 1 aliphatic carbocycles. The second-order valence-corrected chi connectivity index (χ2v) is 13.5. The van der Waals surface area contributed by atoms with Gasteiger partial charge in [0.25, 0.3) is 0 Å². The van der Waals surface area contributed by atoms with Gasteiger partial charge < -0.3 is 16.9 Å². The van der Waals surface area contributed by atoms with Crippen LogP contribution in [-0.2, 0) is 13.4 Å². The molecule has 0 radical (unpaired) electrons. The molecule has 1 saturated heterocycles. The molecule has 0 unspecified atom stereocenters. The quantitative estimate of drug-likeness (QED) is 0.490. The molecule has 2 fully saturated rings. The van der Waals surface area contributed by atoms with Gasteiger partial charge in [-0.15, -0.1) is 0 Å². The first-order valence-corrected chi connectivity index (χ1v) is 14.6. The Balaban J connectivity index is 0.000000562. The summed E-state index contributed by atoms with van der Waals surface area (Å²) in [7, 11) is 8.34. The summed E-state index contributed by atoms with van der Waals surface area (Å²) in [6.45, 7) is 9.98. The summed E-state index contributed by atoms with van der Waals surface area (Å²) in [6.07, 6.45) is 8.47. The van der Waals surface area contributed by atoms with E-state index in [9.17, 15) is 0 Å². The molecule has 3 aliphatic rings. The zero-order valence-electron chi connectivity index (χ0n) is 14.2. The molecule has 129 valence electrons. The molecule has 0 atom stereocenters. The van der Waals surface area contributed by atoms with E-state index in [-0.39, 0.29) is 20.8 Å². The number of halogens is 2. The van der Waals surface area contributed by atoms with Crippen molar-refractivity contribution >= 4 is 34.3 Å². The maximum atomic E-state index is 4.87. The minimum absolute atomic E-state index is 0. The predicted molar refractivity (Wildman–Crippen MR) is 97.6 cm³/mol. The van der Waals surface area contributed by atoms with Crippen LogP contribution < -0.4 is 0 Å². The zero-order chi connectivity index (χ0) is 15.3. The van der Waals surface area contributed by atoms with Crippen LogP contribution in [0.5, 0.6) is 0 Å². The molecule has 3 nitrogen and oxygen atoms in total. The molecule has 0 amide bonds. The van der Waals surface area contributed by atoms with Gasteiger partial charge in [-0.1, -0.05) is 38.8 Å². The van der Waals surface area contributed by atoms with Crippen LogP contribution >= 0.6 is 20.1 Å². The van der Waals surface area contributed by atoms with Crippen LogP contribution in [0.3, 0.4) is 0 Å². The number of nitrogens with zero attached hydrogens (tertiary/aromatic N) is 3. The number of aliphatic imine (C=N–C) groups is 1. The monoisotopic (exact) mass is 402 g/mol. The first-order chi connectivity index (χ1) is 10.1. The van der Waals surface area contributed by atoms with Crippen LogP contribution in [0.1, 0.15) is 38.5 Å². The molecule has 0 N–H and O–H groups in total. The Bertz CT molecular complexity index is 363. The second-order valence-electron chi connectivity index (χ2n) is 6.72. The molecule has 0 spiro atoms. The van der Waals surface area contributed by atoms with Crippen molar-refractivity contribution in [1.82, 2.24) is 9.47 Å². The third kappa shape index (κ3) is 4.80. The Morgan fingerprint density at radius 2 is 1.64 bits per heavy atom. The molecule has 22 heavy (non-hydrogen) atoms. The standard InChI is InChI=1S/C14H27N3Si.CH3.2ClH.Cr/c1-18(2,13-7-3-4-8-13)17-12-6-11-16-10-5-9-15-14(16)17;;;;/h13H,3-12H2,1-2H3;1H3;2*1H;/q;-1;;;+3/p-2. The summed E-state index contributed by atoms with van der Waals surface area (Å²) in [6, 6.07) is 0. The van der Waals surface area contributed by atoms with Crippen LogP contribution in [0.4, 0.5) is 0 Å². The van der Waals surface area contributed by atoms with Crippen LogP contribution in [0.15, 0.2) is 4.99 Å². The van der Waals surface area contributed by atoms with E-state index >= 15 is 0 Å². The Labute approximate surface area is 152 Å². The molecule has 0 aromatic heterocycles. The predicted octanol–water partition coefficient (Wildman–Crippen LogP) is 4.73. The normalized spacial score (nSPS) is 22.1. The van der Waals surface area contributed by atoms with Crippen LogP contribution in [0.2, 0.25) is 18.6 Å². The fourth-order valence-corrected chi connectivity index (χ4v) is 7.75. The molecular weight excluding hydrogens is 373 g/mol. The van der Waals surface area contributed by atoms with Crippen LogP contribution in [0, 0.1) is 7.43 Å². The molecule has 7 heteroatoms. The first kappa shape index (κ1) is 20.6. The number of guanidine groups is 1. The van der Waals surface area contributed by atoms with Gasteiger partial charge in [0, 0.05) is 26.2 Å². The van der Waals surface area contributed by atoms with Gasteiger partial charge in [0.15, 0.2) is 14.2 Å². The number of rotatable bonds is 2. The van der Waals surface area contributed by atoms with Crippen molar-refractivity contribution in [3.05, 3.63) is 7.43 Å². The van der Waals surface area contributed by atoms with E-state index in [1.807, 2.05) is 0 Å². The minimum atomic E-state index is -1.32. The van der Waals surface area contributed by atoms with Crippen molar-refractivity contribution < 1.29 is 13.4 Å². The molecular formula is C15H30Cl2CrN3Si. The molecule has 0 aromatic carbocycles. The summed E-state index contributed by atoms with van der Waals surface area (Å²) in [5, 5.41) is 0. The van der Waals surface area contributed by atoms with Gasteiger partial charge in [0.2, 0.25) is 0 Å². The summed E-state index contributed by atoms with van der Waals surface area (Å²) in [4.78, 5) is 7.43. The van der Waals surface area contributed by atoms with Gasteiger partial charge in [0.1, 0.15) is 0 Å². The molecule has 1 saturated carbocycles. The second kappa shape index (κ2) is 9.79. The van der Waals surface area contributed by atoms with Gasteiger partial charge in [-0.25, -0.2) is 0 Å². The van der Waals surface area contributed by atoms with E-state index in [1.165, 1.54) is 64.1 Å². The molecule has 0 aromatic rings. The molecule has 2 heterocycles. The Morgan fingerprint density at radius 3 is 2.27 bits per heavy atom. The summed E-state index contributed by atoms with van der Waals surface area (Å²) < 4.78 is 2.77. The van der Waals surface area contributed by atoms with Crippen molar-refractivity contribution in [2.75, 3.05) is 26.2 Å². The summed E-state index contributed by atoms with van der Waals surface area (Å²) in [5.41, 5.74) is 1.00. The van der Waals surface area contributed by atoms with Crippen molar-refractivity contribution in [3.8, 4) is 0 Å². The number of fused-ring (bicyclic) bond motifs is 1. The van der Waals surface area contributed by atoms with E-state index in [2.05, 4.69) is 22.6 Å². The van der Waals surface area contributed by atoms with Gasteiger partial charge in [-0.3, -0.25) is 4.99 Å². The Morgan fingerprint density at radius 1 is 1.05 bits per heavy atom. The average molecular weight is 403 g/mol. The van der Waals surface area contributed by atoms with E-state index < -0.39 is 8.24 Å². The van der Waals surface area contributed by atoms with E-state index in [0.717, 1.165) is 12.1 Å². The summed E-state index contributed by atoms with van der Waals surface area (Å²) in [5.74, 6) is 1.37. The van der Waals surface area contributed by atoms with Gasteiger partial charge >= 0.3 is 33.5 Å². The SMILES string of the molecule is C[Si](C)(C1CCCC1)N1CCCN2CCCN=C21.[CH3-].[Cl][Cr+][Cl]. The van der Waals surface area contributed by atoms with Gasteiger partial charge in [-0.05, 0) is 18.4 Å². The fourth-order valence-electron chi connectivity index (χ4n) is 4.03. The van der Waals surface area contributed by atoms with Gasteiger partial charge in [0.05, 0.1) is 0 Å². The van der Waals surface area contributed by atoms with Gasteiger partial charge in [-0.2, -0.15) is 0 Å². The van der Waals surface area contributed by atoms with Crippen LogP contribution in [-0.4, -0.2) is 49.8 Å². The maximum absolute atomic E-state index is 4.87. The van der Waals surface area contributed by atoms with Crippen molar-refractivity contribution in [2.24, 2.45) is 4.99 Å². The Hall–Kier alpha value is 0.599. The zero-order valence-corrected chi connectivity index (χ0v) is 17.9. The van der Waals surface area contributed by atoms with E-state index in [4.69, 9.17) is 25.1 Å². The van der Waals surface area contributed by atoms with Crippen molar-refractivity contribution in [2.45, 2.75) is 57.2 Å². The van der Waals surface area contributed by atoms with E-state index in [0.29, 0.717) is 0 Å². The topological polar surface area (TPSA) is 18.8 Å². The number of hydrogen-bond acceptors (Lipinski definition) is 3. The van der Waals surface area contributed by atoms with Crippen molar-refractivity contribution in [3.63, 3.8) is 0 Å². The third-order valence-electron chi connectivity index (χ3n) is 5.22. The molecule has 2 aliphatic heterocycles. The third-order valence-corrected chi connectivity index (χ3v) is 9.61. The fraction of sp³-hybridized carbons (Fsp3) is 0.867. The van der Waals surface area contributed by atoms with E-state index in [1.54, 1.807) is 0 Å². The van der Waals surface area contributed by atoms with Crippen LogP contribution in [0.25, 0.3) is 0 Å². The first-order valence-electron chi connectivity index (χ1n) is 8.07. The molecule has 3 rings (SSSR count). The Kier molecular flexibility index (Phi) is 9.19. The average Bonchev–Trinajstić information content (AvgIpc) is 3.02.